The molecule has 2 saturated heterocycles. The molecule has 2 aliphatic rings. The van der Waals surface area contributed by atoms with Gasteiger partial charge in [-0.05, 0) is 47.8 Å². The van der Waals surface area contributed by atoms with E-state index in [0.717, 1.165) is 16.7 Å². The quantitative estimate of drug-likeness (QED) is 0.302. The van der Waals surface area contributed by atoms with Crippen molar-refractivity contribution in [3.05, 3.63) is 53.1 Å². The highest BCUT2D eigenvalue weighted by Gasteiger charge is 2.57. The number of nitrogens with zero attached hydrogens (tertiary/aromatic N) is 1. The molecule has 0 bridgehead atoms. The molecule has 0 spiro atoms. The summed E-state index contributed by atoms with van der Waals surface area (Å²) in [6.07, 6.45) is 3.41. The fourth-order valence-corrected chi connectivity index (χ4v) is 5.42. The molecule has 0 N–H and O–H groups in total. The summed E-state index contributed by atoms with van der Waals surface area (Å²) in [7, 11) is -0.643. The summed E-state index contributed by atoms with van der Waals surface area (Å²) >= 11 is 0. The van der Waals surface area contributed by atoms with Gasteiger partial charge in [-0.3, -0.25) is 4.79 Å². The number of hydrogen-bond acceptors (Lipinski definition) is 4. The van der Waals surface area contributed by atoms with Crippen LogP contribution in [-0.2, 0) is 18.8 Å². The molecule has 2 aliphatic heterocycles. The van der Waals surface area contributed by atoms with Crippen LogP contribution in [0.3, 0.4) is 0 Å². The number of fused-ring (bicyclic) bond motifs is 1. The molecule has 3 atom stereocenters. The Morgan fingerprint density at radius 3 is 2.43 bits per heavy atom. The van der Waals surface area contributed by atoms with Crippen molar-refractivity contribution >= 4 is 26.3 Å². The Bertz CT molecular complexity index is 882. The van der Waals surface area contributed by atoms with E-state index in [1.807, 2.05) is 42.2 Å². The molecular formula is C24H33NO4Si. The van der Waals surface area contributed by atoms with Crippen LogP contribution in [0.25, 0.3) is 6.08 Å². The highest BCUT2D eigenvalue weighted by Crippen LogP contribution is 2.46. The first-order valence-electron chi connectivity index (χ1n) is 10.5. The lowest BCUT2D eigenvalue weighted by molar-refractivity contribution is -0.156. The van der Waals surface area contributed by atoms with Gasteiger partial charge in [-0.1, -0.05) is 51.1 Å². The topological polar surface area (TPSA) is 55.8 Å². The lowest BCUT2D eigenvalue weighted by Crippen LogP contribution is -2.63. The summed E-state index contributed by atoms with van der Waals surface area (Å²) in [6, 6.07) is 9.91. The number of rotatable bonds is 5. The van der Waals surface area contributed by atoms with Crippen molar-refractivity contribution in [3.8, 4) is 0 Å². The molecule has 1 aromatic rings. The first kappa shape index (κ1) is 22.5. The second-order valence-electron chi connectivity index (χ2n) is 9.72. The van der Waals surface area contributed by atoms with Crippen LogP contribution in [0.2, 0.25) is 18.1 Å². The zero-order chi connectivity index (χ0) is 22.3. The molecule has 30 heavy (non-hydrogen) atoms. The summed E-state index contributed by atoms with van der Waals surface area (Å²) < 4.78 is 11.4. The summed E-state index contributed by atoms with van der Waals surface area (Å²) in [6.45, 7) is 13.5. The number of carbonyl (C=O) groups is 2. The molecule has 2 fully saturated rings. The van der Waals surface area contributed by atoms with Gasteiger partial charge in [0.25, 0.3) is 0 Å². The largest absolute Gasteiger partial charge is 0.466 e. The number of ether oxygens (including phenoxy) is 1. The molecule has 5 nitrogen and oxygen atoms in total. The maximum Gasteiger partial charge on any atom is 0.330 e. The molecule has 3 rings (SSSR count). The molecule has 0 aliphatic carbocycles. The van der Waals surface area contributed by atoms with Crippen LogP contribution in [0.1, 0.15) is 33.3 Å². The Labute approximate surface area is 180 Å². The van der Waals surface area contributed by atoms with Gasteiger partial charge in [-0.15, -0.1) is 0 Å². The zero-order valence-corrected chi connectivity index (χ0v) is 20.1. The van der Waals surface area contributed by atoms with Crippen LogP contribution in [0.15, 0.2) is 47.6 Å². The van der Waals surface area contributed by atoms with Gasteiger partial charge in [0.2, 0.25) is 5.91 Å². The third-order valence-electron chi connectivity index (χ3n) is 6.68. The first-order chi connectivity index (χ1) is 14.0. The van der Waals surface area contributed by atoms with Gasteiger partial charge in [-0.2, -0.15) is 0 Å². The fraction of sp³-hybridized carbons (Fsp3) is 0.500. The standard InChI is InChI=1S/C24H33NO4Si/c1-16(29-30(6,7)24(2,3)4)21-22-19(13-17-11-9-8-10-12-17)18(14-20(26)28-5)15-25(22)23(21)27/h8-14,16,21-22H,15H2,1-7H3/b18-14+,19-13+/t16-,21-,22+/m1/s1. The number of esters is 1. The summed E-state index contributed by atoms with van der Waals surface area (Å²) in [5.41, 5.74) is 2.88. The monoisotopic (exact) mass is 427 g/mol. The van der Waals surface area contributed by atoms with Gasteiger partial charge in [0, 0.05) is 12.6 Å². The van der Waals surface area contributed by atoms with Gasteiger partial charge >= 0.3 is 5.97 Å². The van der Waals surface area contributed by atoms with Crippen LogP contribution < -0.4 is 0 Å². The van der Waals surface area contributed by atoms with Crippen molar-refractivity contribution in [1.29, 1.82) is 0 Å². The maximum atomic E-state index is 13.0. The smallest absolute Gasteiger partial charge is 0.330 e. The highest BCUT2D eigenvalue weighted by atomic mass is 28.4. The second kappa shape index (κ2) is 8.15. The normalized spacial score (nSPS) is 25.3. The van der Waals surface area contributed by atoms with Crippen molar-refractivity contribution in [2.24, 2.45) is 5.92 Å². The molecule has 0 saturated carbocycles. The number of benzene rings is 1. The summed E-state index contributed by atoms with van der Waals surface area (Å²) in [5.74, 6) is -0.544. The number of amides is 1. The number of β-lactam (4-membered cyclic amide) rings is 1. The predicted octanol–water partition coefficient (Wildman–Crippen LogP) is 4.42. The van der Waals surface area contributed by atoms with Crippen LogP contribution in [0, 0.1) is 5.92 Å². The lowest BCUT2D eigenvalue weighted by atomic mass is 9.80. The molecule has 162 valence electrons. The maximum absolute atomic E-state index is 13.0. The Hall–Kier alpha value is -2.18. The van der Waals surface area contributed by atoms with Crippen molar-refractivity contribution in [2.75, 3.05) is 13.7 Å². The molecule has 1 amide bonds. The second-order valence-corrected chi connectivity index (χ2v) is 14.5. The van der Waals surface area contributed by atoms with E-state index in [2.05, 4.69) is 39.9 Å². The predicted molar refractivity (Wildman–Crippen MR) is 121 cm³/mol. The van der Waals surface area contributed by atoms with E-state index in [-0.39, 0.29) is 29.0 Å². The third-order valence-corrected chi connectivity index (χ3v) is 11.3. The molecule has 0 aromatic heterocycles. The molecule has 1 aromatic carbocycles. The van der Waals surface area contributed by atoms with E-state index in [9.17, 15) is 9.59 Å². The van der Waals surface area contributed by atoms with E-state index in [4.69, 9.17) is 9.16 Å². The zero-order valence-electron chi connectivity index (χ0n) is 19.1. The van der Waals surface area contributed by atoms with Gasteiger partial charge in [-0.25, -0.2) is 4.79 Å². The van der Waals surface area contributed by atoms with Crippen molar-refractivity contribution in [1.82, 2.24) is 4.90 Å². The number of methoxy groups -OCH3 is 1. The molecule has 2 heterocycles. The van der Waals surface area contributed by atoms with Crippen molar-refractivity contribution < 1.29 is 18.8 Å². The molecule has 6 heteroatoms. The van der Waals surface area contributed by atoms with Crippen molar-refractivity contribution in [2.45, 2.75) is 58.0 Å². The average molecular weight is 428 g/mol. The minimum Gasteiger partial charge on any atom is -0.466 e. The highest BCUT2D eigenvalue weighted by molar-refractivity contribution is 6.74. The van der Waals surface area contributed by atoms with E-state index in [1.165, 1.54) is 13.2 Å². The van der Waals surface area contributed by atoms with Gasteiger partial charge in [0.05, 0.1) is 25.2 Å². The third kappa shape index (κ3) is 4.16. The van der Waals surface area contributed by atoms with Crippen LogP contribution in [0.4, 0.5) is 0 Å². The first-order valence-corrected chi connectivity index (χ1v) is 13.4. The number of hydrogen-bond donors (Lipinski definition) is 0. The minimum absolute atomic E-state index is 0.0715. The average Bonchev–Trinajstić information content (AvgIpc) is 2.94. The molecule has 0 radical (unpaired) electrons. The van der Waals surface area contributed by atoms with Crippen LogP contribution in [-0.4, -0.2) is 50.9 Å². The Morgan fingerprint density at radius 1 is 1.23 bits per heavy atom. The van der Waals surface area contributed by atoms with E-state index < -0.39 is 14.3 Å². The minimum atomic E-state index is -2.01. The summed E-state index contributed by atoms with van der Waals surface area (Å²) in [4.78, 5) is 26.8. The molecular weight excluding hydrogens is 394 g/mol. The van der Waals surface area contributed by atoms with E-state index >= 15 is 0 Å². The lowest BCUT2D eigenvalue weighted by Gasteiger charge is -2.48. The van der Waals surface area contributed by atoms with Gasteiger partial charge < -0.3 is 14.1 Å². The van der Waals surface area contributed by atoms with Crippen LogP contribution >= 0.6 is 0 Å². The summed E-state index contributed by atoms with van der Waals surface area (Å²) in [5, 5.41) is 0.0715. The Balaban J connectivity index is 1.94. The van der Waals surface area contributed by atoms with Crippen LogP contribution in [0.5, 0.6) is 0 Å². The van der Waals surface area contributed by atoms with E-state index in [0.29, 0.717) is 6.54 Å². The fourth-order valence-electron chi connectivity index (χ4n) is 3.99. The SMILES string of the molecule is COC(=O)/C=C1\CN2C(=O)[C@H]([C@@H](C)O[Si](C)(C)C(C)(C)C)[C@@H]2\C1=C\c1ccccc1. The van der Waals surface area contributed by atoms with Gasteiger partial charge in [0.1, 0.15) is 0 Å². The number of carbonyl (C=O) groups excluding carboxylic acids is 2. The van der Waals surface area contributed by atoms with Gasteiger partial charge in [0.15, 0.2) is 8.32 Å². The van der Waals surface area contributed by atoms with E-state index in [1.54, 1.807) is 0 Å². The molecule has 0 unspecified atom stereocenters. The Kier molecular flexibility index (Phi) is 6.12. The van der Waals surface area contributed by atoms with Crippen molar-refractivity contribution in [3.63, 3.8) is 0 Å². The Morgan fingerprint density at radius 2 is 1.87 bits per heavy atom.